The summed E-state index contributed by atoms with van der Waals surface area (Å²) in [4.78, 5) is 14.5. The van der Waals surface area contributed by atoms with Crippen LogP contribution in [0.15, 0.2) is 30.3 Å². The SMILES string of the molecule is O=C(COC1CCCC1)N(CC1CCC1)c1ccccc1. The number of rotatable bonds is 6. The van der Waals surface area contributed by atoms with Crippen LogP contribution in [0, 0.1) is 5.92 Å². The molecule has 0 bridgehead atoms. The molecule has 0 aromatic heterocycles. The molecule has 0 spiro atoms. The maximum Gasteiger partial charge on any atom is 0.252 e. The van der Waals surface area contributed by atoms with Crippen LogP contribution in [0.5, 0.6) is 0 Å². The summed E-state index contributed by atoms with van der Waals surface area (Å²) in [5.41, 5.74) is 1.00. The standard InChI is InChI=1S/C18H25NO2/c20-18(14-21-17-11-4-5-12-17)19(13-15-7-6-8-15)16-9-2-1-3-10-16/h1-3,9-10,15,17H,4-8,11-14H2. The van der Waals surface area contributed by atoms with Crippen LogP contribution in [-0.2, 0) is 9.53 Å². The molecule has 3 heteroatoms. The third-order valence-corrected chi connectivity index (χ3v) is 4.78. The van der Waals surface area contributed by atoms with Crippen molar-refractivity contribution < 1.29 is 9.53 Å². The van der Waals surface area contributed by atoms with Crippen LogP contribution in [-0.4, -0.2) is 25.2 Å². The van der Waals surface area contributed by atoms with Crippen molar-refractivity contribution in [2.75, 3.05) is 18.1 Å². The fourth-order valence-electron chi connectivity index (χ4n) is 3.21. The summed E-state index contributed by atoms with van der Waals surface area (Å²) < 4.78 is 5.81. The van der Waals surface area contributed by atoms with Gasteiger partial charge in [-0.05, 0) is 43.7 Å². The monoisotopic (exact) mass is 287 g/mol. The van der Waals surface area contributed by atoms with Gasteiger partial charge in [-0.3, -0.25) is 4.79 Å². The fourth-order valence-corrected chi connectivity index (χ4v) is 3.21. The number of ether oxygens (including phenoxy) is 1. The van der Waals surface area contributed by atoms with E-state index in [1.807, 2.05) is 35.2 Å². The highest BCUT2D eigenvalue weighted by atomic mass is 16.5. The lowest BCUT2D eigenvalue weighted by Crippen LogP contribution is -2.40. The molecule has 2 aliphatic carbocycles. The van der Waals surface area contributed by atoms with Crippen molar-refractivity contribution >= 4 is 11.6 Å². The van der Waals surface area contributed by atoms with E-state index in [2.05, 4.69) is 0 Å². The lowest BCUT2D eigenvalue weighted by atomic mass is 9.85. The lowest BCUT2D eigenvalue weighted by Gasteiger charge is -2.32. The normalized spacial score (nSPS) is 19.4. The molecular weight excluding hydrogens is 262 g/mol. The molecule has 0 saturated heterocycles. The van der Waals surface area contributed by atoms with Gasteiger partial charge in [0, 0.05) is 12.2 Å². The third-order valence-electron chi connectivity index (χ3n) is 4.78. The molecule has 0 aliphatic heterocycles. The smallest absolute Gasteiger partial charge is 0.252 e. The molecule has 3 nitrogen and oxygen atoms in total. The number of carbonyl (C=O) groups excluding carboxylic acids is 1. The van der Waals surface area contributed by atoms with Crippen LogP contribution in [0.4, 0.5) is 5.69 Å². The minimum Gasteiger partial charge on any atom is -0.368 e. The highest BCUT2D eigenvalue weighted by Gasteiger charge is 2.25. The summed E-state index contributed by atoms with van der Waals surface area (Å²) in [5, 5.41) is 0. The van der Waals surface area contributed by atoms with E-state index in [1.54, 1.807) is 0 Å². The molecule has 0 heterocycles. The van der Waals surface area contributed by atoms with Gasteiger partial charge in [0.25, 0.3) is 5.91 Å². The molecule has 2 fully saturated rings. The molecule has 0 unspecified atom stereocenters. The molecule has 0 N–H and O–H groups in total. The molecule has 114 valence electrons. The van der Waals surface area contributed by atoms with Crippen molar-refractivity contribution in [2.24, 2.45) is 5.92 Å². The highest BCUT2D eigenvalue weighted by molar-refractivity contribution is 5.94. The van der Waals surface area contributed by atoms with E-state index in [9.17, 15) is 4.79 Å². The molecular formula is C18H25NO2. The second-order valence-corrected chi connectivity index (χ2v) is 6.35. The zero-order valence-corrected chi connectivity index (χ0v) is 12.7. The first-order chi connectivity index (χ1) is 10.3. The predicted octanol–water partition coefficient (Wildman–Crippen LogP) is 3.78. The first kappa shape index (κ1) is 14.6. The zero-order chi connectivity index (χ0) is 14.5. The van der Waals surface area contributed by atoms with Crippen LogP contribution in [0.25, 0.3) is 0 Å². The van der Waals surface area contributed by atoms with E-state index in [1.165, 1.54) is 32.1 Å². The van der Waals surface area contributed by atoms with E-state index in [4.69, 9.17) is 4.74 Å². The van der Waals surface area contributed by atoms with Crippen LogP contribution in [0.2, 0.25) is 0 Å². The largest absolute Gasteiger partial charge is 0.368 e. The van der Waals surface area contributed by atoms with Gasteiger partial charge in [0.2, 0.25) is 0 Å². The Balaban J connectivity index is 1.60. The average molecular weight is 287 g/mol. The number of para-hydroxylation sites is 1. The van der Waals surface area contributed by atoms with Crippen molar-refractivity contribution in [1.29, 1.82) is 0 Å². The third kappa shape index (κ3) is 3.85. The molecule has 3 rings (SSSR count). The molecule has 1 aromatic rings. The Morgan fingerprint density at radius 2 is 1.76 bits per heavy atom. The van der Waals surface area contributed by atoms with Crippen LogP contribution in [0.3, 0.4) is 0 Å². The highest BCUT2D eigenvalue weighted by Crippen LogP contribution is 2.29. The Bertz CT molecular complexity index is 450. The molecule has 21 heavy (non-hydrogen) atoms. The molecule has 0 radical (unpaired) electrons. The summed E-state index contributed by atoms with van der Waals surface area (Å²) >= 11 is 0. The van der Waals surface area contributed by atoms with Gasteiger partial charge in [0.05, 0.1) is 6.10 Å². The van der Waals surface area contributed by atoms with Crippen LogP contribution < -0.4 is 4.90 Å². The Labute approximate surface area is 127 Å². The Kier molecular flexibility index (Phi) is 4.91. The van der Waals surface area contributed by atoms with Gasteiger partial charge in [-0.15, -0.1) is 0 Å². The summed E-state index contributed by atoms with van der Waals surface area (Å²) in [6, 6.07) is 10.0. The minimum absolute atomic E-state index is 0.111. The van der Waals surface area contributed by atoms with E-state index in [0.29, 0.717) is 12.0 Å². The van der Waals surface area contributed by atoms with Gasteiger partial charge in [-0.1, -0.05) is 37.5 Å². The number of carbonyl (C=O) groups is 1. The van der Waals surface area contributed by atoms with E-state index in [-0.39, 0.29) is 12.5 Å². The quantitative estimate of drug-likeness (QED) is 0.797. The van der Waals surface area contributed by atoms with Gasteiger partial charge in [-0.2, -0.15) is 0 Å². The van der Waals surface area contributed by atoms with E-state index in [0.717, 1.165) is 25.1 Å². The van der Waals surface area contributed by atoms with Crippen molar-refractivity contribution in [3.63, 3.8) is 0 Å². The minimum atomic E-state index is 0.111. The zero-order valence-electron chi connectivity index (χ0n) is 12.7. The van der Waals surface area contributed by atoms with Gasteiger partial charge >= 0.3 is 0 Å². The Hall–Kier alpha value is -1.35. The summed E-state index contributed by atoms with van der Waals surface area (Å²) in [6.45, 7) is 1.07. The number of hydrogen-bond acceptors (Lipinski definition) is 2. The number of benzene rings is 1. The maximum absolute atomic E-state index is 12.6. The topological polar surface area (TPSA) is 29.5 Å². The van der Waals surface area contributed by atoms with E-state index < -0.39 is 0 Å². The van der Waals surface area contributed by atoms with Crippen molar-refractivity contribution in [3.8, 4) is 0 Å². The summed E-state index contributed by atoms with van der Waals surface area (Å²) in [7, 11) is 0. The molecule has 2 aliphatic rings. The summed E-state index contributed by atoms with van der Waals surface area (Å²) in [6.07, 6.45) is 8.81. The van der Waals surface area contributed by atoms with Crippen LogP contribution >= 0.6 is 0 Å². The molecule has 1 amide bonds. The first-order valence-electron chi connectivity index (χ1n) is 8.30. The maximum atomic E-state index is 12.6. The molecule has 2 saturated carbocycles. The van der Waals surface area contributed by atoms with Gasteiger partial charge in [0.15, 0.2) is 0 Å². The first-order valence-corrected chi connectivity index (χ1v) is 8.30. The molecule has 0 atom stereocenters. The van der Waals surface area contributed by atoms with Crippen molar-refractivity contribution in [2.45, 2.75) is 51.0 Å². The lowest BCUT2D eigenvalue weighted by molar-refractivity contribution is -0.125. The number of hydrogen-bond donors (Lipinski definition) is 0. The van der Waals surface area contributed by atoms with Gasteiger partial charge in [0.1, 0.15) is 6.61 Å². The van der Waals surface area contributed by atoms with Crippen molar-refractivity contribution in [1.82, 2.24) is 0 Å². The number of nitrogens with zero attached hydrogens (tertiary/aromatic N) is 1. The predicted molar refractivity (Wildman–Crippen MR) is 84.3 cm³/mol. The van der Waals surface area contributed by atoms with E-state index >= 15 is 0 Å². The Morgan fingerprint density at radius 1 is 1.05 bits per heavy atom. The Morgan fingerprint density at radius 3 is 2.38 bits per heavy atom. The number of anilines is 1. The fraction of sp³-hybridized carbons (Fsp3) is 0.611. The molecule has 1 aromatic carbocycles. The number of amides is 1. The van der Waals surface area contributed by atoms with Crippen molar-refractivity contribution in [3.05, 3.63) is 30.3 Å². The van der Waals surface area contributed by atoms with Gasteiger partial charge in [-0.25, -0.2) is 0 Å². The van der Waals surface area contributed by atoms with Crippen LogP contribution in [0.1, 0.15) is 44.9 Å². The second kappa shape index (κ2) is 7.08. The second-order valence-electron chi connectivity index (χ2n) is 6.35. The average Bonchev–Trinajstić information content (AvgIpc) is 2.98. The van der Waals surface area contributed by atoms with Gasteiger partial charge < -0.3 is 9.64 Å². The summed E-state index contributed by atoms with van der Waals surface area (Å²) in [5.74, 6) is 0.778.